The summed E-state index contributed by atoms with van der Waals surface area (Å²) in [6.07, 6.45) is -5.43. The Labute approximate surface area is 353 Å². The van der Waals surface area contributed by atoms with Gasteiger partial charge in [-0.1, -0.05) is 34.1 Å². The number of alkyl halides is 6. The Morgan fingerprint density at radius 2 is 1.73 bits per heavy atom. The van der Waals surface area contributed by atoms with Crippen LogP contribution in [0.15, 0.2) is 18.2 Å². The number of amides is 4. The summed E-state index contributed by atoms with van der Waals surface area (Å²) >= 11 is 0. The Hall–Kier alpha value is -4.63. The minimum atomic E-state index is -4.25. The van der Waals surface area contributed by atoms with Gasteiger partial charge in [-0.15, -0.1) is 0 Å². The summed E-state index contributed by atoms with van der Waals surface area (Å²) in [7, 11) is -4.25. The molecule has 342 valence electrons. The van der Waals surface area contributed by atoms with Crippen molar-refractivity contribution < 1.29 is 68.1 Å². The first kappa shape index (κ1) is 45.4. The van der Waals surface area contributed by atoms with Gasteiger partial charge in [0.2, 0.25) is 34.1 Å². The molecule has 0 radical (unpaired) electrons. The van der Waals surface area contributed by atoms with Gasteiger partial charge >= 0.3 is 12.7 Å². The Kier molecular flexibility index (Phi) is 12.3. The molecule has 4 fully saturated rings. The lowest BCUT2D eigenvalue weighted by molar-refractivity contribution is -0.143. The van der Waals surface area contributed by atoms with E-state index < -0.39 is 137 Å². The number of nitrogens with zero attached hydrogens (tertiary/aromatic N) is 3. The molecule has 3 heterocycles. The zero-order valence-corrected chi connectivity index (χ0v) is 35.3. The highest BCUT2D eigenvalue weighted by Gasteiger charge is 2.67. The van der Waals surface area contributed by atoms with Crippen LogP contribution in [0.25, 0.3) is 11.0 Å². The highest BCUT2D eigenvalue weighted by molar-refractivity contribution is 7.91. The lowest BCUT2D eigenvalue weighted by Crippen LogP contribution is -2.60. The summed E-state index contributed by atoms with van der Waals surface area (Å²) in [6.45, 7) is 3.10. The van der Waals surface area contributed by atoms with E-state index in [-0.39, 0.29) is 47.9 Å². The Morgan fingerprint density at radius 3 is 2.37 bits per heavy atom. The molecule has 3 N–H and O–H groups in total. The van der Waals surface area contributed by atoms with Crippen LogP contribution in [0.5, 0.6) is 11.6 Å². The van der Waals surface area contributed by atoms with E-state index in [1.165, 1.54) is 6.07 Å². The number of sulfonamides is 1. The molecule has 1 saturated heterocycles. The summed E-state index contributed by atoms with van der Waals surface area (Å²) in [5.74, 6) is -10.1. The zero-order chi connectivity index (χ0) is 45.1. The third-order valence-corrected chi connectivity index (χ3v) is 14.4. The number of halogens is 6. The first-order valence-corrected chi connectivity index (χ1v) is 22.3. The lowest BCUT2D eigenvalue weighted by Gasteiger charge is -2.36. The van der Waals surface area contributed by atoms with Crippen molar-refractivity contribution in [1.82, 2.24) is 30.2 Å². The average molecular weight is 905 g/mol. The number of carbonyl (C=O) groups is 4. The van der Waals surface area contributed by atoms with E-state index in [1.807, 2.05) is 11.6 Å². The van der Waals surface area contributed by atoms with Gasteiger partial charge in [-0.3, -0.25) is 19.1 Å². The van der Waals surface area contributed by atoms with Crippen LogP contribution in [0.4, 0.5) is 31.1 Å². The largest absolute Gasteiger partial charge is 0.471 e. The number of aromatic nitrogens is 2. The van der Waals surface area contributed by atoms with E-state index in [4.69, 9.17) is 9.47 Å². The van der Waals surface area contributed by atoms with Crippen molar-refractivity contribution in [1.29, 1.82) is 0 Å². The first-order valence-electron chi connectivity index (χ1n) is 20.7. The molecule has 2 bridgehead atoms. The van der Waals surface area contributed by atoms with Crippen molar-refractivity contribution in [3.8, 4) is 11.6 Å². The molecule has 0 unspecified atom stereocenters. The third-order valence-electron chi connectivity index (χ3n) is 12.6. The Balaban J connectivity index is 1.28. The summed E-state index contributed by atoms with van der Waals surface area (Å²) in [5, 5.41) is 4.03. The number of nitrogens with one attached hydrogen (secondary N) is 3. The van der Waals surface area contributed by atoms with Gasteiger partial charge in [0.25, 0.3) is 11.8 Å². The van der Waals surface area contributed by atoms with E-state index in [1.54, 1.807) is 20.8 Å². The maximum absolute atomic E-state index is 16.4. The highest BCUT2D eigenvalue weighted by Crippen LogP contribution is 2.49. The van der Waals surface area contributed by atoms with Crippen molar-refractivity contribution in [2.75, 3.05) is 6.54 Å². The zero-order valence-electron chi connectivity index (χ0n) is 34.5. The maximum atomic E-state index is 16.4. The van der Waals surface area contributed by atoms with Crippen molar-refractivity contribution in [2.45, 2.75) is 146 Å². The molecular weight excluding hydrogens is 855 g/mol. The van der Waals surface area contributed by atoms with E-state index in [9.17, 15) is 45.2 Å². The Morgan fingerprint density at radius 1 is 1.00 bits per heavy atom. The van der Waals surface area contributed by atoms with Gasteiger partial charge in [-0.2, -0.15) is 17.6 Å². The molecule has 15 nitrogen and oxygen atoms in total. The summed E-state index contributed by atoms with van der Waals surface area (Å²) < 4.78 is 131. The molecule has 5 aliphatic rings. The van der Waals surface area contributed by atoms with Crippen molar-refractivity contribution in [3.63, 3.8) is 0 Å². The van der Waals surface area contributed by atoms with Crippen molar-refractivity contribution in [2.24, 2.45) is 23.2 Å². The first-order chi connectivity index (χ1) is 29.0. The van der Waals surface area contributed by atoms with Crippen LogP contribution in [0.3, 0.4) is 0 Å². The molecule has 2 aromatic rings. The average Bonchev–Trinajstić information content (AvgIpc) is 4.09. The third kappa shape index (κ3) is 9.48. The number of benzene rings is 1. The van der Waals surface area contributed by atoms with Crippen LogP contribution >= 0.6 is 0 Å². The van der Waals surface area contributed by atoms with Gasteiger partial charge in [0.05, 0.1) is 28.7 Å². The van der Waals surface area contributed by atoms with Crippen LogP contribution in [-0.2, 0) is 35.1 Å². The van der Waals surface area contributed by atoms with E-state index in [0.29, 0.717) is 25.7 Å². The molecule has 7 rings (SSSR count). The van der Waals surface area contributed by atoms with Crippen LogP contribution in [0.1, 0.15) is 97.6 Å². The fourth-order valence-corrected chi connectivity index (χ4v) is 10.2. The number of alkyl carbamates (subject to hydrolysis) is 1. The smallest absolute Gasteiger partial charge is 0.408 e. The molecule has 1 aromatic heterocycles. The topological polar surface area (TPSA) is 195 Å². The predicted octanol–water partition coefficient (Wildman–Crippen LogP) is 5.55. The van der Waals surface area contributed by atoms with Crippen LogP contribution < -0.4 is 24.8 Å². The maximum Gasteiger partial charge on any atom is 0.408 e. The minimum Gasteiger partial charge on any atom is -0.471 e. The van der Waals surface area contributed by atoms with E-state index in [0.717, 1.165) is 17.0 Å². The quantitative estimate of drug-likeness (QED) is 0.281. The fraction of sp³-hybridized carbons (Fsp3) is 0.700. The second kappa shape index (κ2) is 16.8. The standard InChI is InChI=1S/C40H50F6N6O9S/c1-19-8-13-28-23(19)7-5-6-14-40(45,46)29-33(48-26-15-20(60-36(43)44)9-12-25(26)47-29)59-21-16-27(52(18-21)34(54)30(38(2,3)4)49-37(56)61-28)32(53)50-39(17-24(39)31(41)42)35(55)51-62(57,58)22-10-11-22/h9,12,15,19,21-24,27-28,30-31,36H,5-8,10-11,13-14,16-18H2,1-4H3,(H,49,56)(H,50,53)(H,51,55)/t19-,21+,23+,24-,27-,28+,30+,39+/m0/s1. The van der Waals surface area contributed by atoms with Gasteiger partial charge < -0.3 is 29.7 Å². The molecule has 8 atom stereocenters. The highest BCUT2D eigenvalue weighted by atomic mass is 32.2. The van der Waals surface area contributed by atoms with Crippen LogP contribution in [0.2, 0.25) is 0 Å². The molecule has 3 aliphatic carbocycles. The molecule has 1 aromatic carbocycles. The molecule has 3 saturated carbocycles. The monoisotopic (exact) mass is 904 g/mol. The predicted molar refractivity (Wildman–Crippen MR) is 207 cm³/mol. The summed E-state index contributed by atoms with van der Waals surface area (Å²) in [6, 6.07) is 0.267. The van der Waals surface area contributed by atoms with Crippen molar-refractivity contribution >= 4 is 44.9 Å². The number of carbonyl (C=O) groups excluding carboxylic acids is 4. The van der Waals surface area contributed by atoms with Gasteiger partial charge in [0.1, 0.15) is 35.6 Å². The SMILES string of the molecule is C[C@H]1CC[C@H]2OC(=O)N[C@@H](C(C)(C)C)C(=O)N3C[C@@H](C[C@H]3C(=O)N[C@]3(C(=O)NS(=O)(=O)C4CC4)C[C@H]3C(F)F)Oc3nc4cc(OC(F)F)ccc4nc3C(F)(F)CCCC[C@H]12. The molecule has 62 heavy (non-hydrogen) atoms. The van der Waals surface area contributed by atoms with Crippen LogP contribution in [-0.4, -0.2) is 102 Å². The number of ether oxygens (including phenoxy) is 3. The number of fused-ring (bicyclic) bond motifs is 5. The number of hydrogen-bond acceptors (Lipinski definition) is 11. The second-order valence-corrected chi connectivity index (χ2v) is 20.2. The number of rotatable bonds is 8. The lowest BCUT2D eigenvalue weighted by atomic mass is 9.85. The van der Waals surface area contributed by atoms with Gasteiger partial charge in [-0.05, 0) is 74.3 Å². The van der Waals surface area contributed by atoms with Gasteiger partial charge in [0.15, 0.2) is 5.69 Å². The summed E-state index contributed by atoms with van der Waals surface area (Å²) in [5.41, 5.74) is -4.63. The Bertz CT molecular complexity index is 2190. The number of hydrogen-bond donors (Lipinski definition) is 3. The fourth-order valence-electron chi connectivity index (χ4n) is 8.87. The molecule has 0 spiro atoms. The minimum absolute atomic E-state index is 0.00636. The van der Waals surface area contributed by atoms with Gasteiger partial charge in [-0.25, -0.2) is 32.0 Å². The normalized spacial score (nSPS) is 30.6. The summed E-state index contributed by atoms with van der Waals surface area (Å²) in [4.78, 5) is 65.4. The molecule has 2 aliphatic heterocycles. The molecular formula is C40H50F6N6O9S. The van der Waals surface area contributed by atoms with Crippen molar-refractivity contribution in [3.05, 3.63) is 23.9 Å². The van der Waals surface area contributed by atoms with Gasteiger partial charge in [0, 0.05) is 18.9 Å². The van der Waals surface area contributed by atoms with E-state index >= 15 is 8.78 Å². The molecule has 22 heteroatoms. The second-order valence-electron chi connectivity index (χ2n) is 18.2. The van der Waals surface area contributed by atoms with E-state index in [2.05, 4.69) is 25.3 Å². The molecule has 4 amide bonds. The van der Waals surface area contributed by atoms with Crippen LogP contribution in [0, 0.1) is 23.2 Å².